The van der Waals surface area contributed by atoms with E-state index in [1.807, 2.05) is 0 Å². The molecule has 3 aromatic rings. The van der Waals surface area contributed by atoms with Gasteiger partial charge in [0.1, 0.15) is 10.7 Å². The third kappa shape index (κ3) is 3.91. The monoisotopic (exact) mass is 424 g/mol. The molecule has 0 aliphatic carbocycles. The standard InChI is InChI=1S/C17H17FN4O4S2/c1-11-17(12(2)22(20-11)15-7-3-13(18)4-8-15)28(25,26)21-14-5-9-16(10-6-14)27(19,23)24/h3-10,21H,1-2H3,(H2,19,23,24). The number of primary sulfonamides is 1. The van der Waals surface area contributed by atoms with Crippen LogP contribution in [0.3, 0.4) is 0 Å². The van der Waals surface area contributed by atoms with Crippen molar-refractivity contribution >= 4 is 25.7 Å². The van der Waals surface area contributed by atoms with Gasteiger partial charge in [0.15, 0.2) is 0 Å². The lowest BCUT2D eigenvalue weighted by Crippen LogP contribution is -2.15. The van der Waals surface area contributed by atoms with Gasteiger partial charge in [-0.3, -0.25) is 4.72 Å². The van der Waals surface area contributed by atoms with Gasteiger partial charge in [-0.2, -0.15) is 5.10 Å². The number of aryl methyl sites for hydroxylation is 1. The molecule has 0 aliphatic rings. The Morgan fingerprint density at radius 3 is 2.07 bits per heavy atom. The van der Waals surface area contributed by atoms with E-state index in [2.05, 4.69) is 9.82 Å². The number of hydrogen-bond acceptors (Lipinski definition) is 5. The maximum absolute atomic E-state index is 13.1. The summed E-state index contributed by atoms with van der Waals surface area (Å²) in [7, 11) is -7.88. The number of anilines is 1. The maximum Gasteiger partial charge on any atom is 0.265 e. The summed E-state index contributed by atoms with van der Waals surface area (Å²) in [6.07, 6.45) is 0. The molecule has 148 valence electrons. The van der Waals surface area contributed by atoms with Gasteiger partial charge in [0, 0.05) is 5.69 Å². The Bertz CT molecular complexity index is 1230. The number of benzene rings is 2. The average Bonchev–Trinajstić information content (AvgIpc) is 2.90. The summed E-state index contributed by atoms with van der Waals surface area (Å²) in [5.74, 6) is -0.414. The van der Waals surface area contributed by atoms with Crippen molar-refractivity contribution in [2.75, 3.05) is 4.72 Å². The number of hydrogen-bond donors (Lipinski definition) is 2. The summed E-state index contributed by atoms with van der Waals surface area (Å²) >= 11 is 0. The van der Waals surface area contributed by atoms with Crippen LogP contribution in [0.1, 0.15) is 11.4 Å². The Morgan fingerprint density at radius 2 is 1.54 bits per heavy atom. The first-order valence-electron chi connectivity index (χ1n) is 7.97. The normalized spacial score (nSPS) is 12.1. The number of nitrogens with one attached hydrogen (secondary N) is 1. The molecule has 11 heteroatoms. The van der Waals surface area contributed by atoms with Crippen molar-refractivity contribution in [3.63, 3.8) is 0 Å². The molecule has 0 unspecified atom stereocenters. The minimum absolute atomic E-state index is 0.0210. The van der Waals surface area contributed by atoms with Gasteiger partial charge in [0.2, 0.25) is 10.0 Å². The first-order chi connectivity index (χ1) is 13.0. The number of nitrogens with zero attached hydrogens (tertiary/aromatic N) is 2. The van der Waals surface area contributed by atoms with Crippen LogP contribution in [0, 0.1) is 19.7 Å². The van der Waals surface area contributed by atoms with E-state index in [0.717, 1.165) is 0 Å². The highest BCUT2D eigenvalue weighted by Crippen LogP contribution is 2.25. The molecule has 1 heterocycles. The van der Waals surface area contributed by atoms with E-state index in [1.54, 1.807) is 13.8 Å². The second-order valence-electron chi connectivity index (χ2n) is 6.06. The van der Waals surface area contributed by atoms with Crippen LogP contribution in [0.25, 0.3) is 5.69 Å². The first kappa shape index (κ1) is 20.0. The van der Waals surface area contributed by atoms with Gasteiger partial charge >= 0.3 is 0 Å². The molecule has 0 radical (unpaired) electrons. The minimum atomic E-state index is -4.01. The van der Waals surface area contributed by atoms with Crippen LogP contribution in [0.15, 0.2) is 58.3 Å². The van der Waals surface area contributed by atoms with E-state index in [9.17, 15) is 21.2 Å². The van der Waals surface area contributed by atoms with Gasteiger partial charge in [-0.15, -0.1) is 0 Å². The predicted molar refractivity (Wildman–Crippen MR) is 102 cm³/mol. The predicted octanol–water partition coefficient (Wildman–Crippen LogP) is 2.08. The third-order valence-electron chi connectivity index (χ3n) is 4.00. The van der Waals surface area contributed by atoms with Crippen LogP contribution >= 0.6 is 0 Å². The van der Waals surface area contributed by atoms with Gasteiger partial charge in [0.25, 0.3) is 10.0 Å². The van der Waals surface area contributed by atoms with Crippen molar-refractivity contribution in [3.05, 3.63) is 65.7 Å². The Hall–Kier alpha value is -2.76. The second-order valence-corrected chi connectivity index (χ2v) is 9.24. The molecule has 1 aromatic heterocycles. The van der Waals surface area contributed by atoms with Crippen LogP contribution in [0.2, 0.25) is 0 Å². The highest BCUT2D eigenvalue weighted by atomic mass is 32.2. The third-order valence-corrected chi connectivity index (χ3v) is 6.56. The van der Waals surface area contributed by atoms with Crippen LogP contribution in [-0.4, -0.2) is 26.6 Å². The molecule has 0 saturated carbocycles. The van der Waals surface area contributed by atoms with Crippen molar-refractivity contribution < 1.29 is 21.2 Å². The average molecular weight is 424 g/mol. The summed E-state index contributed by atoms with van der Waals surface area (Å²) in [5, 5.41) is 9.27. The Labute approximate surface area is 161 Å². The highest BCUT2D eigenvalue weighted by Gasteiger charge is 2.25. The van der Waals surface area contributed by atoms with Crippen molar-refractivity contribution in [2.24, 2.45) is 5.14 Å². The summed E-state index contributed by atoms with van der Waals surface area (Å²) < 4.78 is 65.3. The SMILES string of the molecule is Cc1nn(-c2ccc(F)cc2)c(C)c1S(=O)(=O)Nc1ccc(S(N)(=O)=O)cc1. The minimum Gasteiger partial charge on any atom is -0.280 e. The van der Waals surface area contributed by atoms with Crippen molar-refractivity contribution in [3.8, 4) is 5.69 Å². The summed E-state index contributed by atoms with van der Waals surface area (Å²) in [6.45, 7) is 3.13. The van der Waals surface area contributed by atoms with E-state index in [0.29, 0.717) is 11.4 Å². The molecule has 0 spiro atoms. The summed E-state index contributed by atoms with van der Waals surface area (Å²) in [4.78, 5) is -0.153. The molecule has 0 fully saturated rings. The van der Waals surface area contributed by atoms with Crippen molar-refractivity contribution in [1.29, 1.82) is 0 Å². The molecule has 2 aromatic carbocycles. The summed E-state index contributed by atoms with van der Waals surface area (Å²) in [6, 6.07) is 10.5. The van der Waals surface area contributed by atoms with E-state index in [1.165, 1.54) is 53.2 Å². The fraction of sp³-hybridized carbons (Fsp3) is 0.118. The lowest BCUT2D eigenvalue weighted by atomic mass is 10.3. The van der Waals surface area contributed by atoms with Crippen LogP contribution < -0.4 is 9.86 Å². The fourth-order valence-corrected chi connectivity index (χ4v) is 4.74. The number of aromatic nitrogens is 2. The van der Waals surface area contributed by atoms with E-state index in [-0.39, 0.29) is 21.2 Å². The zero-order valence-corrected chi connectivity index (χ0v) is 16.6. The Balaban J connectivity index is 1.97. The molecule has 28 heavy (non-hydrogen) atoms. The smallest absolute Gasteiger partial charge is 0.265 e. The van der Waals surface area contributed by atoms with Crippen LogP contribution in [0.5, 0.6) is 0 Å². The van der Waals surface area contributed by atoms with Crippen LogP contribution in [0.4, 0.5) is 10.1 Å². The quantitative estimate of drug-likeness (QED) is 0.649. The van der Waals surface area contributed by atoms with Gasteiger partial charge in [-0.1, -0.05) is 0 Å². The molecule has 0 amide bonds. The summed E-state index contributed by atoms with van der Waals surface area (Å²) in [5.41, 5.74) is 1.29. The molecular weight excluding hydrogens is 407 g/mol. The maximum atomic E-state index is 13.1. The Morgan fingerprint density at radius 1 is 0.964 bits per heavy atom. The second kappa shape index (κ2) is 7.00. The van der Waals surface area contributed by atoms with Crippen molar-refractivity contribution in [1.82, 2.24) is 9.78 Å². The van der Waals surface area contributed by atoms with Gasteiger partial charge < -0.3 is 0 Å². The van der Waals surface area contributed by atoms with E-state index < -0.39 is 25.9 Å². The molecule has 0 saturated heterocycles. The molecule has 3 rings (SSSR count). The highest BCUT2D eigenvalue weighted by molar-refractivity contribution is 7.92. The zero-order chi connectivity index (χ0) is 20.7. The lowest BCUT2D eigenvalue weighted by molar-refractivity contribution is 0.597. The molecule has 0 atom stereocenters. The molecule has 0 bridgehead atoms. The lowest BCUT2D eigenvalue weighted by Gasteiger charge is -2.09. The number of sulfonamides is 2. The Kier molecular flexibility index (Phi) is 5.00. The number of nitrogens with two attached hydrogens (primary N) is 1. The molecule has 0 aliphatic heterocycles. The van der Waals surface area contributed by atoms with E-state index >= 15 is 0 Å². The number of halogens is 1. The van der Waals surface area contributed by atoms with Crippen molar-refractivity contribution in [2.45, 2.75) is 23.6 Å². The molecular formula is C17H17FN4O4S2. The van der Waals surface area contributed by atoms with Crippen LogP contribution in [-0.2, 0) is 20.0 Å². The molecule has 8 nitrogen and oxygen atoms in total. The molecule has 3 N–H and O–H groups in total. The topological polar surface area (TPSA) is 124 Å². The number of rotatable bonds is 5. The van der Waals surface area contributed by atoms with Gasteiger partial charge in [-0.05, 0) is 62.4 Å². The largest absolute Gasteiger partial charge is 0.280 e. The fourth-order valence-electron chi connectivity index (χ4n) is 2.77. The van der Waals surface area contributed by atoms with Gasteiger partial charge in [0.05, 0.1) is 22.0 Å². The first-order valence-corrected chi connectivity index (χ1v) is 11.0. The van der Waals surface area contributed by atoms with E-state index in [4.69, 9.17) is 5.14 Å². The van der Waals surface area contributed by atoms with Gasteiger partial charge in [-0.25, -0.2) is 31.0 Å². The zero-order valence-electron chi connectivity index (χ0n) is 14.9.